The van der Waals surface area contributed by atoms with Crippen molar-refractivity contribution in [3.05, 3.63) is 12.2 Å². The number of alkyl halides is 1. The molecule has 0 aromatic carbocycles. The van der Waals surface area contributed by atoms with Gasteiger partial charge in [0, 0.05) is 11.9 Å². The van der Waals surface area contributed by atoms with Crippen molar-refractivity contribution in [2.24, 2.45) is 11.3 Å². The molecule has 0 N–H and O–H groups in total. The van der Waals surface area contributed by atoms with Crippen LogP contribution in [-0.2, 0) is 4.79 Å². The van der Waals surface area contributed by atoms with E-state index in [-0.39, 0.29) is 5.92 Å². The smallest absolute Gasteiger partial charge is 0.230 e. The van der Waals surface area contributed by atoms with Gasteiger partial charge in [-0.2, -0.15) is 0 Å². The fourth-order valence-corrected chi connectivity index (χ4v) is 3.78. The number of amides is 1. The highest BCUT2D eigenvalue weighted by Gasteiger charge is 2.46. The Hall–Kier alpha value is -0.310. The topological polar surface area (TPSA) is 20.3 Å². The summed E-state index contributed by atoms with van der Waals surface area (Å²) in [4.78, 5) is 14.1. The van der Waals surface area contributed by atoms with Gasteiger partial charge in [0.25, 0.3) is 0 Å². The van der Waals surface area contributed by atoms with Crippen molar-refractivity contribution >= 4 is 21.8 Å². The first-order valence-electron chi connectivity index (χ1n) is 5.79. The van der Waals surface area contributed by atoms with Crippen molar-refractivity contribution < 1.29 is 4.79 Å². The Kier molecular flexibility index (Phi) is 2.20. The zero-order chi connectivity index (χ0) is 10.5. The molecule has 2 aliphatic carbocycles. The van der Waals surface area contributed by atoms with Crippen LogP contribution in [0.3, 0.4) is 0 Å². The zero-order valence-corrected chi connectivity index (χ0v) is 10.4. The van der Waals surface area contributed by atoms with Crippen LogP contribution in [-0.4, -0.2) is 28.7 Å². The molecule has 15 heavy (non-hydrogen) atoms. The second kappa shape index (κ2) is 3.34. The van der Waals surface area contributed by atoms with E-state index in [0.717, 1.165) is 18.3 Å². The summed E-state index contributed by atoms with van der Waals surface area (Å²) in [6.07, 6.45) is 9.23. The number of fused-ring (bicyclic) bond motifs is 2. The van der Waals surface area contributed by atoms with Gasteiger partial charge in [-0.25, -0.2) is 0 Å². The lowest BCUT2D eigenvalue weighted by Crippen LogP contribution is -2.47. The quantitative estimate of drug-likeness (QED) is 0.569. The Labute approximate surface area is 98.8 Å². The fourth-order valence-electron chi connectivity index (χ4n) is 3.04. The first kappa shape index (κ1) is 9.88. The van der Waals surface area contributed by atoms with Crippen molar-refractivity contribution in [1.29, 1.82) is 0 Å². The van der Waals surface area contributed by atoms with Crippen LogP contribution < -0.4 is 0 Å². The van der Waals surface area contributed by atoms with Gasteiger partial charge in [-0.15, -0.1) is 0 Å². The van der Waals surface area contributed by atoms with E-state index in [0.29, 0.717) is 17.4 Å². The Morgan fingerprint density at radius 1 is 1.47 bits per heavy atom. The van der Waals surface area contributed by atoms with Crippen molar-refractivity contribution in [2.45, 2.75) is 31.7 Å². The molecule has 3 aliphatic rings. The summed E-state index contributed by atoms with van der Waals surface area (Å²) in [5.41, 5.74) is 0.397. The molecule has 1 saturated carbocycles. The van der Waals surface area contributed by atoms with E-state index in [1.807, 2.05) is 0 Å². The fraction of sp³-hybridized carbons (Fsp3) is 0.750. The molecule has 2 atom stereocenters. The van der Waals surface area contributed by atoms with Gasteiger partial charge in [-0.3, -0.25) is 4.79 Å². The monoisotopic (exact) mass is 269 g/mol. The highest BCUT2D eigenvalue weighted by atomic mass is 79.9. The molecule has 1 amide bonds. The Balaban J connectivity index is 1.73. The SMILES string of the molecule is O=C1C2C=CC(C2)N1CC1(CBr)CCC1. The van der Waals surface area contributed by atoms with Crippen LogP contribution in [0.15, 0.2) is 12.2 Å². The minimum Gasteiger partial charge on any atom is -0.335 e. The van der Waals surface area contributed by atoms with Crippen LogP contribution in [0.4, 0.5) is 0 Å². The molecule has 0 aromatic heterocycles. The molecule has 0 radical (unpaired) electrons. The maximum absolute atomic E-state index is 12.0. The minimum absolute atomic E-state index is 0.211. The number of carbonyl (C=O) groups excluding carboxylic acids is 1. The van der Waals surface area contributed by atoms with Crippen molar-refractivity contribution in [1.82, 2.24) is 4.90 Å². The Bertz CT molecular complexity index is 316. The predicted octanol–water partition coefficient (Wildman–Crippen LogP) is 2.34. The Morgan fingerprint density at radius 3 is 2.73 bits per heavy atom. The average molecular weight is 270 g/mol. The number of carbonyl (C=O) groups is 1. The summed E-state index contributed by atoms with van der Waals surface area (Å²) >= 11 is 3.61. The molecular weight excluding hydrogens is 254 g/mol. The molecule has 3 rings (SSSR count). The predicted molar refractivity (Wildman–Crippen MR) is 62.8 cm³/mol. The third kappa shape index (κ3) is 1.39. The number of nitrogens with zero attached hydrogens (tertiary/aromatic N) is 1. The number of hydrogen-bond donors (Lipinski definition) is 0. The van der Waals surface area contributed by atoms with E-state index < -0.39 is 0 Å². The van der Waals surface area contributed by atoms with E-state index in [9.17, 15) is 4.79 Å². The van der Waals surface area contributed by atoms with Crippen LogP contribution in [0.5, 0.6) is 0 Å². The van der Waals surface area contributed by atoms with Gasteiger partial charge in [0.15, 0.2) is 0 Å². The standard InChI is InChI=1S/C12H16BrNO/c13-7-12(4-1-5-12)8-14-10-3-2-9(6-10)11(14)15/h2-3,9-10H,1,4-8H2. The van der Waals surface area contributed by atoms with Crippen LogP contribution in [0.25, 0.3) is 0 Å². The molecule has 2 bridgehead atoms. The van der Waals surface area contributed by atoms with Gasteiger partial charge in [0.2, 0.25) is 5.91 Å². The second-order valence-corrected chi connectivity index (χ2v) is 5.81. The lowest BCUT2D eigenvalue weighted by Gasteiger charge is -2.44. The average Bonchev–Trinajstić information content (AvgIpc) is 2.74. The van der Waals surface area contributed by atoms with Crippen LogP contribution in [0.1, 0.15) is 25.7 Å². The first-order valence-corrected chi connectivity index (χ1v) is 6.91. The second-order valence-electron chi connectivity index (χ2n) is 5.25. The van der Waals surface area contributed by atoms with E-state index in [1.165, 1.54) is 19.3 Å². The maximum atomic E-state index is 12.0. The van der Waals surface area contributed by atoms with Gasteiger partial charge in [0.1, 0.15) is 0 Å². The summed E-state index contributed by atoms with van der Waals surface area (Å²) in [5.74, 6) is 0.581. The largest absolute Gasteiger partial charge is 0.335 e. The van der Waals surface area contributed by atoms with Crippen molar-refractivity contribution in [3.8, 4) is 0 Å². The summed E-state index contributed by atoms with van der Waals surface area (Å²) in [5, 5.41) is 1.05. The zero-order valence-electron chi connectivity index (χ0n) is 8.79. The molecular formula is C12H16BrNO. The van der Waals surface area contributed by atoms with Crippen LogP contribution in [0.2, 0.25) is 0 Å². The highest BCUT2D eigenvalue weighted by Crippen LogP contribution is 2.45. The number of hydrogen-bond acceptors (Lipinski definition) is 1. The van der Waals surface area contributed by atoms with Gasteiger partial charge >= 0.3 is 0 Å². The van der Waals surface area contributed by atoms with E-state index in [2.05, 4.69) is 33.0 Å². The molecule has 0 spiro atoms. The molecule has 0 aromatic rings. The van der Waals surface area contributed by atoms with E-state index >= 15 is 0 Å². The van der Waals surface area contributed by atoms with Crippen molar-refractivity contribution in [2.75, 3.05) is 11.9 Å². The lowest BCUT2D eigenvalue weighted by molar-refractivity contribution is -0.133. The maximum Gasteiger partial charge on any atom is 0.230 e. The first-order chi connectivity index (χ1) is 7.24. The number of likely N-dealkylation sites (tertiary alicyclic amines) is 1. The molecule has 2 nitrogen and oxygen atoms in total. The molecule has 1 heterocycles. The normalized spacial score (nSPS) is 36.1. The van der Waals surface area contributed by atoms with E-state index in [1.54, 1.807) is 0 Å². The minimum atomic E-state index is 0.211. The molecule has 82 valence electrons. The third-order valence-electron chi connectivity index (χ3n) is 4.27. The van der Waals surface area contributed by atoms with Gasteiger partial charge in [-0.05, 0) is 24.7 Å². The number of halogens is 1. The third-order valence-corrected chi connectivity index (χ3v) is 5.45. The molecule has 1 saturated heterocycles. The van der Waals surface area contributed by atoms with E-state index in [4.69, 9.17) is 0 Å². The Morgan fingerprint density at radius 2 is 2.27 bits per heavy atom. The van der Waals surface area contributed by atoms with Gasteiger partial charge in [-0.1, -0.05) is 34.5 Å². The van der Waals surface area contributed by atoms with Crippen LogP contribution in [0, 0.1) is 11.3 Å². The highest BCUT2D eigenvalue weighted by molar-refractivity contribution is 9.09. The van der Waals surface area contributed by atoms with Crippen LogP contribution >= 0.6 is 15.9 Å². The van der Waals surface area contributed by atoms with Gasteiger partial charge in [0.05, 0.1) is 12.0 Å². The summed E-state index contributed by atoms with van der Waals surface area (Å²) < 4.78 is 0. The summed E-state index contributed by atoms with van der Waals surface area (Å²) in [7, 11) is 0. The summed E-state index contributed by atoms with van der Waals surface area (Å²) in [6.45, 7) is 0.975. The lowest BCUT2D eigenvalue weighted by atomic mass is 9.70. The molecule has 2 fully saturated rings. The molecule has 3 heteroatoms. The van der Waals surface area contributed by atoms with Gasteiger partial charge < -0.3 is 4.90 Å². The van der Waals surface area contributed by atoms with Crippen molar-refractivity contribution in [3.63, 3.8) is 0 Å². The molecule has 2 unspecified atom stereocenters. The number of rotatable bonds is 3. The molecule has 1 aliphatic heterocycles. The summed E-state index contributed by atoms with van der Waals surface area (Å²) in [6, 6.07) is 0.416.